The van der Waals surface area contributed by atoms with Gasteiger partial charge in [-0.2, -0.15) is 4.31 Å². The van der Waals surface area contributed by atoms with Gasteiger partial charge in [-0.15, -0.1) is 10.2 Å². The zero-order valence-electron chi connectivity index (χ0n) is 17.4. The number of sulfonamides is 1. The highest BCUT2D eigenvalue weighted by molar-refractivity contribution is 8.01. The molecular formula is C19H25N5O5S3. The summed E-state index contributed by atoms with van der Waals surface area (Å²) in [6.07, 6.45) is 2.36. The largest absolute Gasteiger partial charge is 0.379 e. The Balaban J connectivity index is 1.23. The molecule has 1 aromatic heterocycles. The summed E-state index contributed by atoms with van der Waals surface area (Å²) in [4.78, 5) is 12.5. The smallest absolute Gasteiger partial charge is 0.243 e. The Morgan fingerprint density at radius 2 is 1.97 bits per heavy atom. The van der Waals surface area contributed by atoms with Crippen LogP contribution < -0.4 is 10.6 Å². The van der Waals surface area contributed by atoms with Gasteiger partial charge in [0.25, 0.3) is 0 Å². The molecule has 32 heavy (non-hydrogen) atoms. The summed E-state index contributed by atoms with van der Waals surface area (Å²) in [5, 5.41) is 14.9. The van der Waals surface area contributed by atoms with Crippen molar-refractivity contribution in [3.05, 3.63) is 24.3 Å². The highest BCUT2D eigenvalue weighted by Gasteiger charge is 2.26. The molecule has 10 nitrogen and oxygen atoms in total. The molecule has 0 saturated carbocycles. The fourth-order valence-electron chi connectivity index (χ4n) is 3.32. The Hall–Kier alpha value is -1.77. The fraction of sp³-hybridized carbons (Fsp3) is 0.526. The van der Waals surface area contributed by atoms with Crippen molar-refractivity contribution in [1.29, 1.82) is 0 Å². The minimum absolute atomic E-state index is 0.175. The van der Waals surface area contributed by atoms with E-state index < -0.39 is 10.0 Å². The first kappa shape index (κ1) is 23.4. The minimum Gasteiger partial charge on any atom is -0.379 e. The number of thioether (sulfide) groups is 1. The number of hydrogen-bond donors (Lipinski definition) is 2. The summed E-state index contributed by atoms with van der Waals surface area (Å²) in [5.74, 6) is -0.0309. The van der Waals surface area contributed by atoms with Gasteiger partial charge in [-0.05, 0) is 37.1 Å². The molecule has 2 aromatic rings. The molecule has 2 N–H and O–H groups in total. The van der Waals surface area contributed by atoms with E-state index in [9.17, 15) is 13.2 Å². The van der Waals surface area contributed by atoms with Crippen LogP contribution in [0, 0.1) is 0 Å². The Bertz CT molecular complexity index is 1000. The van der Waals surface area contributed by atoms with E-state index in [1.807, 2.05) is 0 Å². The minimum atomic E-state index is -3.55. The maximum atomic E-state index is 12.7. The fourth-order valence-corrected chi connectivity index (χ4v) is 6.28. The van der Waals surface area contributed by atoms with Crippen molar-refractivity contribution >= 4 is 49.8 Å². The molecule has 0 radical (unpaired) electrons. The molecule has 13 heteroatoms. The third-order valence-corrected chi connectivity index (χ3v) is 8.91. The number of anilines is 2. The topological polar surface area (TPSA) is 123 Å². The molecule has 2 aliphatic rings. The number of rotatable bonds is 9. The maximum absolute atomic E-state index is 12.7. The number of nitrogens with one attached hydrogen (secondary N) is 2. The van der Waals surface area contributed by atoms with Gasteiger partial charge in [-0.1, -0.05) is 23.1 Å². The quantitative estimate of drug-likeness (QED) is 0.498. The highest BCUT2D eigenvalue weighted by Crippen LogP contribution is 2.26. The van der Waals surface area contributed by atoms with Crippen molar-refractivity contribution in [2.24, 2.45) is 0 Å². The number of hydrogen-bond acceptors (Lipinski definition) is 10. The second-order valence-corrected chi connectivity index (χ2v) is 11.4. The van der Waals surface area contributed by atoms with Crippen LogP contribution in [-0.4, -0.2) is 80.1 Å². The third kappa shape index (κ3) is 6.17. The second kappa shape index (κ2) is 10.9. The van der Waals surface area contributed by atoms with Gasteiger partial charge in [0.1, 0.15) is 0 Å². The van der Waals surface area contributed by atoms with Crippen LogP contribution in [0.5, 0.6) is 0 Å². The van der Waals surface area contributed by atoms with E-state index in [1.165, 1.54) is 39.5 Å². The van der Waals surface area contributed by atoms with E-state index >= 15 is 0 Å². The van der Waals surface area contributed by atoms with Crippen molar-refractivity contribution in [3.63, 3.8) is 0 Å². The average Bonchev–Trinajstić information content (AvgIpc) is 3.49. The number of nitrogens with zero attached hydrogens (tertiary/aromatic N) is 3. The van der Waals surface area contributed by atoms with E-state index in [4.69, 9.17) is 9.47 Å². The van der Waals surface area contributed by atoms with Crippen LogP contribution in [-0.2, 0) is 24.3 Å². The third-order valence-electron chi connectivity index (χ3n) is 4.98. The van der Waals surface area contributed by atoms with Crippen LogP contribution in [0.25, 0.3) is 0 Å². The molecule has 174 valence electrons. The molecule has 2 aliphatic heterocycles. The first-order chi connectivity index (χ1) is 15.5. The zero-order valence-corrected chi connectivity index (χ0v) is 19.8. The summed E-state index contributed by atoms with van der Waals surface area (Å²) in [7, 11) is -3.55. The first-order valence-corrected chi connectivity index (χ1v) is 13.5. The van der Waals surface area contributed by atoms with Crippen molar-refractivity contribution in [3.8, 4) is 0 Å². The number of carbonyl (C=O) groups excluding carboxylic acids is 1. The van der Waals surface area contributed by atoms with Crippen molar-refractivity contribution in [1.82, 2.24) is 14.5 Å². The second-order valence-electron chi connectivity index (χ2n) is 7.27. The molecule has 0 spiro atoms. The molecule has 0 aliphatic carbocycles. The van der Waals surface area contributed by atoms with Crippen LogP contribution >= 0.6 is 23.1 Å². The van der Waals surface area contributed by atoms with Gasteiger partial charge >= 0.3 is 0 Å². The van der Waals surface area contributed by atoms with Gasteiger partial charge in [-0.25, -0.2) is 8.42 Å². The van der Waals surface area contributed by atoms with E-state index in [1.54, 1.807) is 12.1 Å². The molecule has 2 saturated heterocycles. The molecule has 4 rings (SSSR count). The van der Waals surface area contributed by atoms with Gasteiger partial charge in [0.05, 0.1) is 30.0 Å². The normalized spacial score (nSPS) is 19.7. The van der Waals surface area contributed by atoms with Crippen molar-refractivity contribution < 1.29 is 22.7 Å². The van der Waals surface area contributed by atoms with Crippen LogP contribution in [0.1, 0.15) is 12.8 Å². The number of aromatic nitrogens is 2. The highest BCUT2D eigenvalue weighted by atomic mass is 32.2. The number of ether oxygens (including phenoxy) is 2. The van der Waals surface area contributed by atoms with Gasteiger partial charge < -0.3 is 20.1 Å². The van der Waals surface area contributed by atoms with Gasteiger partial charge in [0.15, 0.2) is 4.34 Å². The summed E-state index contributed by atoms with van der Waals surface area (Å²) < 4.78 is 38.2. The van der Waals surface area contributed by atoms with Crippen molar-refractivity contribution in [2.75, 3.05) is 55.8 Å². The molecule has 0 unspecified atom stereocenters. The van der Waals surface area contributed by atoms with E-state index in [2.05, 4.69) is 20.8 Å². The zero-order chi connectivity index (χ0) is 22.4. The van der Waals surface area contributed by atoms with E-state index in [0.717, 1.165) is 19.4 Å². The van der Waals surface area contributed by atoms with Gasteiger partial charge in [-0.3, -0.25) is 4.79 Å². The molecule has 3 heterocycles. The lowest BCUT2D eigenvalue weighted by molar-refractivity contribution is -0.113. The maximum Gasteiger partial charge on any atom is 0.243 e. The summed E-state index contributed by atoms with van der Waals surface area (Å²) in [5.41, 5.74) is 0.535. The molecule has 1 amide bonds. The number of morpholine rings is 1. The Morgan fingerprint density at radius 3 is 2.69 bits per heavy atom. The Morgan fingerprint density at radius 1 is 1.19 bits per heavy atom. The predicted molar refractivity (Wildman–Crippen MR) is 123 cm³/mol. The van der Waals surface area contributed by atoms with Gasteiger partial charge in [0.2, 0.25) is 21.1 Å². The lowest BCUT2D eigenvalue weighted by Crippen LogP contribution is -2.40. The molecule has 2 fully saturated rings. The molecule has 0 bridgehead atoms. The standard InChI is InChI=1S/C19H25N5O5S3/c25-17(13-30-19-23-22-18(31-19)20-12-15-2-1-9-29-15)21-14-3-5-16(6-4-14)32(26,27)24-7-10-28-11-8-24/h3-6,15H,1-2,7-13H2,(H,20,22)(H,21,25)/t15-/m1/s1. The Kier molecular flexibility index (Phi) is 7.97. The van der Waals surface area contributed by atoms with Crippen LogP contribution in [0.2, 0.25) is 0 Å². The first-order valence-electron chi connectivity index (χ1n) is 10.3. The van der Waals surface area contributed by atoms with E-state index in [-0.39, 0.29) is 22.7 Å². The Labute approximate surface area is 195 Å². The van der Waals surface area contributed by atoms with E-state index in [0.29, 0.717) is 48.0 Å². The monoisotopic (exact) mass is 499 g/mol. The lowest BCUT2D eigenvalue weighted by Gasteiger charge is -2.26. The number of amides is 1. The van der Waals surface area contributed by atoms with Crippen LogP contribution in [0.15, 0.2) is 33.5 Å². The lowest BCUT2D eigenvalue weighted by atomic mass is 10.2. The van der Waals surface area contributed by atoms with Crippen molar-refractivity contribution in [2.45, 2.75) is 28.2 Å². The van der Waals surface area contributed by atoms with Gasteiger partial charge in [0, 0.05) is 31.9 Å². The molecule has 1 aromatic carbocycles. The average molecular weight is 500 g/mol. The predicted octanol–water partition coefficient (Wildman–Crippen LogP) is 1.88. The summed E-state index contributed by atoms with van der Waals surface area (Å²) in [6, 6.07) is 6.19. The summed E-state index contributed by atoms with van der Waals surface area (Å²) in [6.45, 7) is 2.99. The SMILES string of the molecule is O=C(CSc1nnc(NC[C@H]2CCCO2)s1)Nc1ccc(S(=O)(=O)N2CCOCC2)cc1. The number of benzene rings is 1. The molecular weight excluding hydrogens is 474 g/mol. The summed E-state index contributed by atoms with van der Waals surface area (Å²) >= 11 is 2.70. The molecule has 1 atom stereocenters. The van der Waals surface area contributed by atoms with Crippen LogP contribution in [0.4, 0.5) is 10.8 Å². The van der Waals surface area contributed by atoms with Crippen LogP contribution in [0.3, 0.4) is 0 Å². The number of carbonyl (C=O) groups is 1.